The summed E-state index contributed by atoms with van der Waals surface area (Å²) < 4.78 is 0. The molecule has 2 aliphatic carbocycles. The van der Waals surface area contributed by atoms with E-state index < -0.39 is 0 Å². The van der Waals surface area contributed by atoms with E-state index in [0.717, 1.165) is 25.2 Å². The van der Waals surface area contributed by atoms with Gasteiger partial charge in [0.15, 0.2) is 0 Å². The molecule has 0 aromatic rings. The van der Waals surface area contributed by atoms with Gasteiger partial charge in [-0.15, -0.1) is 0 Å². The fourth-order valence-corrected chi connectivity index (χ4v) is 3.24. The highest BCUT2D eigenvalue weighted by Gasteiger charge is 2.62. The van der Waals surface area contributed by atoms with Crippen molar-refractivity contribution in [2.75, 3.05) is 0 Å². The van der Waals surface area contributed by atoms with E-state index in [1.807, 2.05) is 0 Å². The van der Waals surface area contributed by atoms with Crippen LogP contribution in [0.3, 0.4) is 0 Å². The van der Waals surface area contributed by atoms with Crippen molar-refractivity contribution >= 4 is 5.91 Å². The standard InChI is InChI=1S/C13H22N2O/c1-4-10-14-13(7-8-13)11(16)15(10)12(2,3)9-5-6-9/h9-10,14H,4-8H2,1-3H3. The lowest BCUT2D eigenvalue weighted by atomic mass is 9.95. The smallest absolute Gasteiger partial charge is 0.244 e. The van der Waals surface area contributed by atoms with Gasteiger partial charge in [0.1, 0.15) is 0 Å². The number of nitrogens with one attached hydrogen (secondary N) is 1. The molecule has 3 fully saturated rings. The van der Waals surface area contributed by atoms with Gasteiger partial charge < -0.3 is 4.90 Å². The molecule has 90 valence electrons. The van der Waals surface area contributed by atoms with Gasteiger partial charge in [-0.1, -0.05) is 6.92 Å². The third-order valence-corrected chi connectivity index (χ3v) is 4.72. The lowest BCUT2D eigenvalue weighted by Crippen LogP contribution is -2.52. The number of carbonyl (C=O) groups excluding carboxylic acids is 1. The Balaban J connectivity index is 1.89. The predicted molar refractivity (Wildman–Crippen MR) is 62.8 cm³/mol. The Bertz CT molecular complexity index is 329. The van der Waals surface area contributed by atoms with E-state index in [4.69, 9.17) is 0 Å². The van der Waals surface area contributed by atoms with Crippen molar-refractivity contribution in [1.82, 2.24) is 10.2 Å². The Hall–Kier alpha value is -0.570. The summed E-state index contributed by atoms with van der Waals surface area (Å²) in [6.07, 6.45) is 5.95. The summed E-state index contributed by atoms with van der Waals surface area (Å²) in [6.45, 7) is 6.66. The van der Waals surface area contributed by atoms with Gasteiger partial charge >= 0.3 is 0 Å². The van der Waals surface area contributed by atoms with Gasteiger partial charge in [-0.3, -0.25) is 10.1 Å². The van der Waals surface area contributed by atoms with Crippen LogP contribution in [0.2, 0.25) is 0 Å². The molecule has 3 nitrogen and oxygen atoms in total. The van der Waals surface area contributed by atoms with Crippen LogP contribution in [0.25, 0.3) is 0 Å². The molecule has 3 aliphatic rings. The minimum Gasteiger partial charge on any atom is -0.320 e. The molecule has 1 spiro atoms. The van der Waals surface area contributed by atoms with Gasteiger partial charge in [-0.05, 0) is 51.9 Å². The highest BCUT2D eigenvalue weighted by Crippen LogP contribution is 2.50. The maximum atomic E-state index is 12.5. The Morgan fingerprint density at radius 2 is 2.06 bits per heavy atom. The first-order chi connectivity index (χ1) is 7.51. The number of hydrogen-bond donors (Lipinski definition) is 1. The number of hydrogen-bond acceptors (Lipinski definition) is 2. The first-order valence-corrected chi connectivity index (χ1v) is 6.63. The van der Waals surface area contributed by atoms with Crippen LogP contribution in [0.5, 0.6) is 0 Å². The monoisotopic (exact) mass is 222 g/mol. The van der Waals surface area contributed by atoms with Crippen molar-refractivity contribution in [3.63, 3.8) is 0 Å². The van der Waals surface area contributed by atoms with Gasteiger partial charge in [-0.2, -0.15) is 0 Å². The van der Waals surface area contributed by atoms with E-state index in [9.17, 15) is 4.79 Å². The summed E-state index contributed by atoms with van der Waals surface area (Å²) >= 11 is 0. The first kappa shape index (κ1) is 10.6. The molecule has 1 heterocycles. The molecular weight excluding hydrogens is 200 g/mol. The summed E-state index contributed by atoms with van der Waals surface area (Å²) in [5.74, 6) is 1.09. The number of nitrogens with zero attached hydrogens (tertiary/aromatic N) is 1. The zero-order chi connectivity index (χ0) is 11.6. The molecule has 0 bridgehead atoms. The predicted octanol–water partition coefficient (Wildman–Crippen LogP) is 1.88. The third kappa shape index (κ3) is 1.27. The molecule has 1 amide bonds. The maximum Gasteiger partial charge on any atom is 0.244 e. The van der Waals surface area contributed by atoms with Crippen molar-refractivity contribution in [1.29, 1.82) is 0 Å². The van der Waals surface area contributed by atoms with E-state index in [1.165, 1.54) is 12.8 Å². The number of rotatable bonds is 3. The lowest BCUT2D eigenvalue weighted by Gasteiger charge is -2.39. The molecule has 0 aromatic heterocycles. The zero-order valence-corrected chi connectivity index (χ0v) is 10.5. The van der Waals surface area contributed by atoms with E-state index in [1.54, 1.807) is 0 Å². The summed E-state index contributed by atoms with van der Waals surface area (Å²) in [5, 5.41) is 3.56. The van der Waals surface area contributed by atoms with Crippen molar-refractivity contribution in [2.24, 2.45) is 5.92 Å². The molecule has 1 saturated heterocycles. The van der Waals surface area contributed by atoms with Crippen LogP contribution >= 0.6 is 0 Å². The van der Waals surface area contributed by atoms with Crippen LogP contribution in [-0.4, -0.2) is 28.1 Å². The normalized spacial score (nSPS) is 32.6. The van der Waals surface area contributed by atoms with Crippen molar-refractivity contribution in [2.45, 2.75) is 70.1 Å². The van der Waals surface area contributed by atoms with Crippen LogP contribution in [0.15, 0.2) is 0 Å². The Kier molecular flexibility index (Phi) is 1.99. The van der Waals surface area contributed by atoms with E-state index in [0.29, 0.717) is 5.91 Å². The Morgan fingerprint density at radius 1 is 1.44 bits per heavy atom. The molecule has 0 radical (unpaired) electrons. The third-order valence-electron chi connectivity index (χ3n) is 4.72. The molecule has 1 unspecified atom stereocenters. The first-order valence-electron chi connectivity index (χ1n) is 6.63. The molecule has 0 aromatic carbocycles. The average molecular weight is 222 g/mol. The van der Waals surface area contributed by atoms with Crippen LogP contribution < -0.4 is 5.32 Å². The molecule has 1 N–H and O–H groups in total. The fraction of sp³-hybridized carbons (Fsp3) is 0.923. The second-order valence-electron chi connectivity index (χ2n) is 6.25. The average Bonchev–Trinajstić information content (AvgIpc) is 3.08. The largest absolute Gasteiger partial charge is 0.320 e. The lowest BCUT2D eigenvalue weighted by molar-refractivity contribution is -0.136. The Morgan fingerprint density at radius 3 is 2.50 bits per heavy atom. The quantitative estimate of drug-likeness (QED) is 0.790. The number of amides is 1. The minimum absolute atomic E-state index is 0.0524. The molecule has 3 rings (SSSR count). The summed E-state index contributed by atoms with van der Waals surface area (Å²) in [7, 11) is 0. The summed E-state index contributed by atoms with van der Waals surface area (Å²) in [5.41, 5.74) is -0.0936. The van der Waals surface area contributed by atoms with Crippen molar-refractivity contribution in [3.05, 3.63) is 0 Å². The summed E-state index contributed by atoms with van der Waals surface area (Å²) in [6, 6.07) is 0. The van der Waals surface area contributed by atoms with E-state index >= 15 is 0 Å². The summed E-state index contributed by atoms with van der Waals surface area (Å²) in [4.78, 5) is 14.7. The second kappa shape index (κ2) is 3.00. The maximum absolute atomic E-state index is 12.5. The SMILES string of the molecule is CCC1NC2(CC2)C(=O)N1C(C)(C)C1CC1. The van der Waals surface area contributed by atoms with E-state index in [2.05, 4.69) is 31.0 Å². The van der Waals surface area contributed by atoms with Gasteiger partial charge in [0.2, 0.25) is 5.91 Å². The van der Waals surface area contributed by atoms with Crippen molar-refractivity contribution < 1.29 is 4.79 Å². The van der Waals surface area contributed by atoms with Gasteiger partial charge in [0.05, 0.1) is 11.7 Å². The highest BCUT2D eigenvalue weighted by atomic mass is 16.2. The van der Waals surface area contributed by atoms with Crippen LogP contribution in [0.4, 0.5) is 0 Å². The molecular formula is C13H22N2O. The highest BCUT2D eigenvalue weighted by molar-refractivity contribution is 5.92. The molecule has 2 saturated carbocycles. The molecule has 16 heavy (non-hydrogen) atoms. The Labute approximate surface area is 97.6 Å². The van der Waals surface area contributed by atoms with Crippen LogP contribution in [0, 0.1) is 5.92 Å². The molecule has 3 heteroatoms. The van der Waals surface area contributed by atoms with Gasteiger partial charge in [0, 0.05) is 5.54 Å². The van der Waals surface area contributed by atoms with Gasteiger partial charge in [-0.25, -0.2) is 0 Å². The minimum atomic E-state index is -0.146. The fourth-order valence-electron chi connectivity index (χ4n) is 3.24. The van der Waals surface area contributed by atoms with E-state index in [-0.39, 0.29) is 17.2 Å². The van der Waals surface area contributed by atoms with Gasteiger partial charge in [0.25, 0.3) is 0 Å². The second-order valence-corrected chi connectivity index (χ2v) is 6.25. The van der Waals surface area contributed by atoms with Crippen LogP contribution in [0.1, 0.15) is 52.9 Å². The zero-order valence-electron chi connectivity index (χ0n) is 10.5. The molecule has 1 aliphatic heterocycles. The molecule has 1 atom stereocenters. The van der Waals surface area contributed by atoms with Crippen molar-refractivity contribution in [3.8, 4) is 0 Å². The van der Waals surface area contributed by atoms with Crippen LogP contribution in [-0.2, 0) is 4.79 Å². The topological polar surface area (TPSA) is 32.3 Å². The number of carbonyl (C=O) groups is 1.